The summed E-state index contributed by atoms with van der Waals surface area (Å²) in [5, 5.41) is 2.77. The van der Waals surface area contributed by atoms with Crippen LogP contribution in [0.25, 0.3) is 0 Å². The van der Waals surface area contributed by atoms with Gasteiger partial charge in [-0.2, -0.15) is 0 Å². The second-order valence-electron chi connectivity index (χ2n) is 4.22. The van der Waals surface area contributed by atoms with Crippen molar-refractivity contribution in [3.63, 3.8) is 0 Å². The first-order valence-corrected chi connectivity index (χ1v) is 7.07. The lowest BCUT2D eigenvalue weighted by Gasteiger charge is -2.21. The van der Waals surface area contributed by atoms with Gasteiger partial charge in [-0.15, -0.1) is 11.3 Å². The molecule has 2 unspecified atom stereocenters. The monoisotopic (exact) mass is 281 g/mol. The molecule has 2 rings (SSSR count). The summed E-state index contributed by atoms with van der Waals surface area (Å²) < 4.78 is 5.92. The van der Waals surface area contributed by atoms with E-state index in [1.807, 2.05) is 42.6 Å². The van der Waals surface area contributed by atoms with Crippen molar-refractivity contribution >= 4 is 22.9 Å². The Morgan fingerprint density at radius 1 is 1.28 bits per heavy atom. The SMILES string of the molecule is CC(N)C(OCc1cccs1)c1ccc(Cl)cc1. The highest BCUT2D eigenvalue weighted by molar-refractivity contribution is 7.09. The molecule has 2 nitrogen and oxygen atoms in total. The second kappa shape index (κ2) is 6.34. The molecule has 0 amide bonds. The van der Waals surface area contributed by atoms with Crippen LogP contribution in [0.2, 0.25) is 5.02 Å². The molecule has 0 saturated carbocycles. The molecule has 4 heteroatoms. The van der Waals surface area contributed by atoms with Crippen LogP contribution in [0.4, 0.5) is 0 Å². The van der Waals surface area contributed by atoms with Gasteiger partial charge in [0.15, 0.2) is 0 Å². The molecule has 18 heavy (non-hydrogen) atoms. The Morgan fingerprint density at radius 3 is 2.56 bits per heavy atom. The average Bonchev–Trinajstić information content (AvgIpc) is 2.84. The number of benzene rings is 1. The lowest BCUT2D eigenvalue weighted by molar-refractivity contribution is 0.0274. The molecule has 0 radical (unpaired) electrons. The first-order valence-electron chi connectivity index (χ1n) is 5.82. The van der Waals surface area contributed by atoms with E-state index < -0.39 is 0 Å². The quantitative estimate of drug-likeness (QED) is 0.899. The van der Waals surface area contributed by atoms with Gasteiger partial charge in [-0.25, -0.2) is 0 Å². The molecule has 96 valence electrons. The number of halogens is 1. The molecule has 1 heterocycles. The van der Waals surface area contributed by atoms with Gasteiger partial charge in [0.25, 0.3) is 0 Å². The standard InChI is InChI=1S/C14H16ClNOS/c1-10(16)14(11-4-6-12(15)7-5-11)17-9-13-3-2-8-18-13/h2-8,10,14H,9,16H2,1H3. The maximum Gasteiger partial charge on any atom is 0.0977 e. The number of nitrogens with two attached hydrogens (primary N) is 1. The summed E-state index contributed by atoms with van der Waals surface area (Å²) in [5.41, 5.74) is 7.05. The van der Waals surface area contributed by atoms with E-state index in [9.17, 15) is 0 Å². The number of hydrogen-bond acceptors (Lipinski definition) is 3. The highest BCUT2D eigenvalue weighted by Crippen LogP contribution is 2.24. The molecular weight excluding hydrogens is 266 g/mol. The minimum Gasteiger partial charge on any atom is -0.366 e. The van der Waals surface area contributed by atoms with Crippen molar-refractivity contribution < 1.29 is 4.74 Å². The van der Waals surface area contributed by atoms with E-state index in [1.165, 1.54) is 4.88 Å². The lowest BCUT2D eigenvalue weighted by atomic mass is 10.0. The predicted molar refractivity (Wildman–Crippen MR) is 77.0 cm³/mol. The molecule has 0 fully saturated rings. The van der Waals surface area contributed by atoms with Crippen LogP contribution >= 0.6 is 22.9 Å². The van der Waals surface area contributed by atoms with Gasteiger partial charge in [0.2, 0.25) is 0 Å². The van der Waals surface area contributed by atoms with E-state index in [1.54, 1.807) is 11.3 Å². The van der Waals surface area contributed by atoms with Crippen LogP contribution in [0.1, 0.15) is 23.5 Å². The van der Waals surface area contributed by atoms with Gasteiger partial charge in [-0.05, 0) is 36.1 Å². The van der Waals surface area contributed by atoms with Crippen molar-refractivity contribution in [1.82, 2.24) is 0 Å². The fourth-order valence-electron chi connectivity index (χ4n) is 1.77. The van der Waals surface area contributed by atoms with E-state index in [2.05, 4.69) is 6.07 Å². The van der Waals surface area contributed by atoms with E-state index in [4.69, 9.17) is 22.1 Å². The molecule has 0 saturated heterocycles. The number of ether oxygens (including phenoxy) is 1. The van der Waals surface area contributed by atoms with Gasteiger partial charge in [-0.3, -0.25) is 0 Å². The van der Waals surface area contributed by atoms with Crippen molar-refractivity contribution in [2.24, 2.45) is 5.73 Å². The van der Waals surface area contributed by atoms with E-state index in [0.717, 1.165) is 10.6 Å². The van der Waals surface area contributed by atoms with Gasteiger partial charge in [0.1, 0.15) is 0 Å². The fraction of sp³-hybridized carbons (Fsp3) is 0.286. The highest BCUT2D eigenvalue weighted by atomic mass is 35.5. The average molecular weight is 282 g/mol. The number of hydrogen-bond donors (Lipinski definition) is 1. The lowest BCUT2D eigenvalue weighted by Crippen LogP contribution is -2.26. The topological polar surface area (TPSA) is 35.2 Å². The van der Waals surface area contributed by atoms with E-state index in [0.29, 0.717) is 6.61 Å². The molecule has 0 bridgehead atoms. The minimum atomic E-state index is -0.107. The van der Waals surface area contributed by atoms with E-state index in [-0.39, 0.29) is 12.1 Å². The normalized spacial score (nSPS) is 14.4. The Balaban J connectivity index is 2.06. The second-order valence-corrected chi connectivity index (χ2v) is 5.69. The molecule has 0 aliphatic carbocycles. The Labute approximate surface area is 116 Å². The maximum atomic E-state index is 5.99. The summed E-state index contributed by atoms with van der Waals surface area (Å²) in [7, 11) is 0. The minimum absolute atomic E-state index is 0.0638. The van der Waals surface area contributed by atoms with Crippen molar-refractivity contribution in [2.75, 3.05) is 0 Å². The van der Waals surface area contributed by atoms with Crippen LogP contribution < -0.4 is 5.73 Å². The van der Waals surface area contributed by atoms with Crippen LogP contribution in [-0.2, 0) is 11.3 Å². The van der Waals surface area contributed by atoms with Crippen molar-refractivity contribution in [1.29, 1.82) is 0 Å². The summed E-state index contributed by atoms with van der Waals surface area (Å²) in [6, 6.07) is 11.7. The predicted octanol–water partition coefficient (Wildman–Crippen LogP) is 4.01. The Morgan fingerprint density at radius 2 is 2.00 bits per heavy atom. The van der Waals surface area contributed by atoms with Crippen LogP contribution in [0, 0.1) is 0 Å². The molecule has 2 N–H and O–H groups in total. The first kappa shape index (κ1) is 13.6. The molecule has 0 spiro atoms. The number of thiophene rings is 1. The zero-order valence-corrected chi connectivity index (χ0v) is 11.7. The maximum absolute atomic E-state index is 5.99. The van der Waals surface area contributed by atoms with E-state index >= 15 is 0 Å². The van der Waals surface area contributed by atoms with Crippen LogP contribution in [0.5, 0.6) is 0 Å². The molecule has 0 aliphatic rings. The van der Waals surface area contributed by atoms with Crippen LogP contribution in [0.15, 0.2) is 41.8 Å². The molecule has 2 aromatic rings. The van der Waals surface area contributed by atoms with Crippen LogP contribution in [0.3, 0.4) is 0 Å². The third-order valence-corrected chi connectivity index (χ3v) is 3.76. The molecule has 0 aliphatic heterocycles. The fourth-order valence-corrected chi connectivity index (χ4v) is 2.52. The number of rotatable bonds is 5. The smallest absolute Gasteiger partial charge is 0.0977 e. The van der Waals surface area contributed by atoms with Gasteiger partial charge in [-0.1, -0.05) is 29.8 Å². The van der Waals surface area contributed by atoms with Gasteiger partial charge in [0.05, 0.1) is 12.7 Å². The summed E-state index contributed by atoms with van der Waals surface area (Å²) in [6.07, 6.45) is -0.107. The van der Waals surface area contributed by atoms with Crippen molar-refractivity contribution in [3.8, 4) is 0 Å². The van der Waals surface area contributed by atoms with Gasteiger partial charge >= 0.3 is 0 Å². The molecular formula is C14H16ClNOS. The summed E-state index contributed by atoms with van der Waals surface area (Å²) >= 11 is 7.57. The Kier molecular flexibility index (Phi) is 4.78. The summed E-state index contributed by atoms with van der Waals surface area (Å²) in [5.74, 6) is 0. The largest absolute Gasteiger partial charge is 0.366 e. The Hall–Kier alpha value is -0.870. The zero-order chi connectivity index (χ0) is 13.0. The summed E-state index contributed by atoms with van der Waals surface area (Å²) in [6.45, 7) is 2.54. The van der Waals surface area contributed by atoms with Crippen molar-refractivity contribution in [2.45, 2.75) is 25.7 Å². The van der Waals surface area contributed by atoms with Gasteiger partial charge in [0, 0.05) is 15.9 Å². The Bertz CT molecular complexity index is 467. The summed E-state index contributed by atoms with van der Waals surface area (Å²) in [4.78, 5) is 1.20. The third-order valence-electron chi connectivity index (χ3n) is 2.66. The van der Waals surface area contributed by atoms with Gasteiger partial charge < -0.3 is 10.5 Å². The highest BCUT2D eigenvalue weighted by Gasteiger charge is 2.17. The van der Waals surface area contributed by atoms with Crippen molar-refractivity contribution in [3.05, 3.63) is 57.2 Å². The molecule has 1 aromatic carbocycles. The van der Waals surface area contributed by atoms with Crippen LogP contribution in [-0.4, -0.2) is 6.04 Å². The third kappa shape index (κ3) is 3.56. The molecule has 2 atom stereocenters. The first-order chi connectivity index (χ1) is 8.66. The zero-order valence-electron chi connectivity index (χ0n) is 10.2. The molecule has 1 aromatic heterocycles.